The Morgan fingerprint density at radius 2 is 1.90 bits per heavy atom. The van der Waals surface area contributed by atoms with Crippen LogP contribution in [0.2, 0.25) is 0 Å². The third kappa shape index (κ3) is 7.01. The molecule has 0 heterocycles. The summed E-state index contributed by atoms with van der Waals surface area (Å²) in [6.07, 6.45) is 0. The third-order valence-corrected chi connectivity index (χ3v) is 4.51. The van der Waals surface area contributed by atoms with Crippen LogP contribution in [0.5, 0.6) is 0 Å². The van der Waals surface area contributed by atoms with Crippen LogP contribution in [0.1, 0.15) is 11.1 Å². The molecule has 0 unspecified atom stereocenters. The highest BCUT2D eigenvalue weighted by Gasteiger charge is 2.13. The van der Waals surface area contributed by atoms with Gasteiger partial charge in [0.15, 0.2) is 0 Å². The molecule has 120 valence electrons. The lowest BCUT2D eigenvalue weighted by atomic mass is 10.1. The fourth-order valence-electron chi connectivity index (χ4n) is 1.90. The monoisotopic (exact) mass is 315 g/mol. The van der Waals surface area contributed by atoms with Crippen LogP contribution in [0.25, 0.3) is 0 Å². The number of hydrogen-bond donors (Lipinski definition) is 2. The van der Waals surface area contributed by atoms with Crippen LogP contribution in [-0.4, -0.2) is 53.7 Å². The van der Waals surface area contributed by atoms with Gasteiger partial charge in [-0.1, -0.05) is 24.3 Å². The molecule has 0 aromatic heterocycles. The number of nitrogens with two attached hydrogens (primary N) is 1. The summed E-state index contributed by atoms with van der Waals surface area (Å²) in [5, 5.41) is 0. The summed E-state index contributed by atoms with van der Waals surface area (Å²) in [5.74, 6) is -0.0395. The number of sulfonamides is 1. The first-order chi connectivity index (χ1) is 9.98. The Balaban J connectivity index is 2.47. The first kappa shape index (κ1) is 18.1. The maximum atomic E-state index is 12.1. The smallest absolute Gasteiger partial charge is 0.215 e. The predicted molar refractivity (Wildman–Crippen MR) is 84.3 cm³/mol. The van der Waals surface area contributed by atoms with Gasteiger partial charge in [-0.05, 0) is 18.2 Å². The van der Waals surface area contributed by atoms with Gasteiger partial charge < -0.3 is 15.4 Å². The Kier molecular flexibility index (Phi) is 7.84. The van der Waals surface area contributed by atoms with E-state index >= 15 is 0 Å². The van der Waals surface area contributed by atoms with Gasteiger partial charge in [0, 0.05) is 33.3 Å². The maximum Gasteiger partial charge on any atom is 0.215 e. The van der Waals surface area contributed by atoms with Crippen LogP contribution in [0.3, 0.4) is 0 Å². The van der Waals surface area contributed by atoms with Crippen molar-refractivity contribution >= 4 is 10.0 Å². The van der Waals surface area contributed by atoms with E-state index in [2.05, 4.69) is 4.72 Å². The fourth-order valence-corrected chi connectivity index (χ4v) is 3.10. The molecule has 0 fully saturated rings. The quantitative estimate of drug-likeness (QED) is 0.642. The molecule has 0 aliphatic rings. The third-order valence-electron chi connectivity index (χ3n) is 3.18. The first-order valence-electron chi connectivity index (χ1n) is 6.90. The normalized spacial score (nSPS) is 12.0. The topological polar surface area (TPSA) is 84.7 Å². The average molecular weight is 315 g/mol. The molecular formula is C14H25N3O3S. The zero-order chi connectivity index (χ0) is 15.7. The van der Waals surface area contributed by atoms with Gasteiger partial charge >= 0.3 is 0 Å². The fraction of sp³-hybridized carbons (Fsp3) is 0.571. The molecule has 3 N–H and O–H groups in total. The first-order valence-corrected chi connectivity index (χ1v) is 8.55. The van der Waals surface area contributed by atoms with Gasteiger partial charge in [-0.15, -0.1) is 0 Å². The molecule has 0 spiro atoms. The average Bonchev–Trinajstić information content (AvgIpc) is 2.45. The van der Waals surface area contributed by atoms with Crippen molar-refractivity contribution in [3.05, 3.63) is 35.4 Å². The minimum Gasteiger partial charge on any atom is -0.383 e. The number of rotatable bonds is 10. The van der Waals surface area contributed by atoms with Crippen molar-refractivity contribution in [1.29, 1.82) is 0 Å². The van der Waals surface area contributed by atoms with Crippen molar-refractivity contribution in [3.8, 4) is 0 Å². The second kappa shape index (κ2) is 9.11. The summed E-state index contributed by atoms with van der Waals surface area (Å²) in [4.78, 5) is 2.01. The molecule has 0 atom stereocenters. The van der Waals surface area contributed by atoms with Crippen LogP contribution >= 0.6 is 0 Å². The highest BCUT2D eigenvalue weighted by atomic mass is 32.2. The molecule has 1 aromatic carbocycles. The molecule has 0 saturated carbocycles. The number of nitrogens with zero attached hydrogens (tertiary/aromatic N) is 1. The van der Waals surface area contributed by atoms with E-state index in [9.17, 15) is 8.42 Å². The van der Waals surface area contributed by atoms with Gasteiger partial charge in [-0.2, -0.15) is 0 Å². The van der Waals surface area contributed by atoms with Gasteiger partial charge in [0.2, 0.25) is 10.0 Å². The van der Waals surface area contributed by atoms with E-state index in [4.69, 9.17) is 10.5 Å². The van der Waals surface area contributed by atoms with Crippen LogP contribution in [0, 0.1) is 0 Å². The Morgan fingerprint density at radius 1 is 1.24 bits per heavy atom. The van der Waals surface area contributed by atoms with Crippen LogP contribution < -0.4 is 10.5 Å². The Hall–Kier alpha value is -0.990. The summed E-state index contributed by atoms with van der Waals surface area (Å²) in [6.45, 7) is 2.77. The Labute approximate surface area is 127 Å². The minimum absolute atomic E-state index is 0.0395. The lowest BCUT2D eigenvalue weighted by molar-refractivity contribution is 0.162. The van der Waals surface area contributed by atoms with Crippen LogP contribution in [0.15, 0.2) is 24.3 Å². The van der Waals surface area contributed by atoms with Crippen molar-refractivity contribution in [2.24, 2.45) is 5.73 Å². The SMILES string of the molecule is COCCN(C)CCNS(=O)(=O)Cc1ccccc1CN. The van der Waals surface area contributed by atoms with Gasteiger partial charge in [-0.3, -0.25) is 0 Å². The molecule has 6 nitrogen and oxygen atoms in total. The van der Waals surface area contributed by atoms with Gasteiger partial charge in [-0.25, -0.2) is 13.1 Å². The van der Waals surface area contributed by atoms with E-state index in [0.717, 1.165) is 17.7 Å². The van der Waals surface area contributed by atoms with E-state index in [-0.39, 0.29) is 5.75 Å². The molecule has 0 radical (unpaired) electrons. The Bertz CT molecular complexity index is 520. The summed E-state index contributed by atoms with van der Waals surface area (Å²) in [5.41, 5.74) is 7.23. The number of nitrogens with one attached hydrogen (secondary N) is 1. The van der Waals surface area contributed by atoms with E-state index in [0.29, 0.717) is 26.2 Å². The number of hydrogen-bond acceptors (Lipinski definition) is 5. The lowest BCUT2D eigenvalue weighted by Crippen LogP contribution is -2.35. The largest absolute Gasteiger partial charge is 0.383 e. The summed E-state index contributed by atoms with van der Waals surface area (Å²) in [7, 11) is 0.225. The summed E-state index contributed by atoms with van der Waals surface area (Å²) < 4.78 is 31.7. The molecule has 0 saturated heterocycles. The molecule has 0 bridgehead atoms. The number of methoxy groups -OCH3 is 1. The predicted octanol–water partition coefficient (Wildman–Crippen LogP) is 0.143. The van der Waals surface area contributed by atoms with Crippen LogP contribution in [-0.2, 0) is 27.1 Å². The maximum absolute atomic E-state index is 12.1. The lowest BCUT2D eigenvalue weighted by Gasteiger charge is -2.16. The number of likely N-dealkylation sites (N-methyl/N-ethyl adjacent to an activating group) is 1. The molecule has 0 aliphatic carbocycles. The van der Waals surface area contributed by atoms with Crippen molar-refractivity contribution in [1.82, 2.24) is 9.62 Å². The highest BCUT2D eigenvalue weighted by Crippen LogP contribution is 2.11. The molecule has 0 aliphatic heterocycles. The standard InChI is InChI=1S/C14H25N3O3S/c1-17(9-10-20-2)8-7-16-21(18,19)12-14-6-4-3-5-13(14)11-15/h3-6,16H,7-12,15H2,1-2H3. The zero-order valence-electron chi connectivity index (χ0n) is 12.7. The highest BCUT2D eigenvalue weighted by molar-refractivity contribution is 7.88. The van der Waals surface area contributed by atoms with E-state index in [1.165, 1.54) is 0 Å². The van der Waals surface area contributed by atoms with Crippen molar-refractivity contribution < 1.29 is 13.2 Å². The van der Waals surface area contributed by atoms with Crippen molar-refractivity contribution in [2.45, 2.75) is 12.3 Å². The number of benzene rings is 1. The number of ether oxygens (including phenoxy) is 1. The molecular weight excluding hydrogens is 290 g/mol. The second-order valence-corrected chi connectivity index (χ2v) is 6.73. The van der Waals surface area contributed by atoms with E-state index < -0.39 is 10.0 Å². The summed E-state index contributed by atoms with van der Waals surface area (Å²) in [6, 6.07) is 7.33. The molecule has 7 heteroatoms. The van der Waals surface area contributed by atoms with Gasteiger partial charge in [0.05, 0.1) is 12.4 Å². The summed E-state index contributed by atoms with van der Waals surface area (Å²) >= 11 is 0. The molecule has 0 amide bonds. The second-order valence-electron chi connectivity index (χ2n) is 4.92. The van der Waals surface area contributed by atoms with Crippen LogP contribution in [0.4, 0.5) is 0 Å². The van der Waals surface area contributed by atoms with Gasteiger partial charge in [0.1, 0.15) is 0 Å². The molecule has 1 aromatic rings. The van der Waals surface area contributed by atoms with Crippen molar-refractivity contribution in [3.63, 3.8) is 0 Å². The van der Waals surface area contributed by atoms with E-state index in [1.807, 2.05) is 30.1 Å². The molecule has 1 rings (SSSR count). The molecule has 21 heavy (non-hydrogen) atoms. The van der Waals surface area contributed by atoms with Crippen molar-refractivity contribution in [2.75, 3.05) is 40.4 Å². The zero-order valence-corrected chi connectivity index (χ0v) is 13.5. The Morgan fingerprint density at radius 3 is 2.52 bits per heavy atom. The minimum atomic E-state index is -3.35. The van der Waals surface area contributed by atoms with E-state index in [1.54, 1.807) is 13.2 Å². The van der Waals surface area contributed by atoms with Gasteiger partial charge in [0.25, 0.3) is 0 Å².